The number of carbonyl (C=O) groups is 2. The van der Waals surface area contributed by atoms with Crippen molar-refractivity contribution in [1.29, 1.82) is 0 Å². The second-order valence-corrected chi connectivity index (χ2v) is 6.05. The van der Waals surface area contributed by atoms with Crippen molar-refractivity contribution in [1.82, 2.24) is 14.8 Å². The fourth-order valence-electron chi connectivity index (χ4n) is 3.00. The molecule has 0 atom stereocenters. The minimum atomic E-state index is 0.0156. The minimum absolute atomic E-state index is 0.0156. The average Bonchev–Trinajstić information content (AvgIpc) is 3.03. The normalized spacial score (nSPS) is 15.2. The third kappa shape index (κ3) is 3.38. The number of amides is 2. The van der Waals surface area contributed by atoms with E-state index < -0.39 is 0 Å². The molecule has 1 fully saturated rings. The minimum Gasteiger partial charge on any atom is -0.351 e. The Morgan fingerprint density at radius 2 is 1.78 bits per heavy atom. The van der Waals surface area contributed by atoms with Gasteiger partial charge in [-0.1, -0.05) is 31.5 Å². The van der Waals surface area contributed by atoms with Crippen molar-refractivity contribution in [3.63, 3.8) is 0 Å². The van der Waals surface area contributed by atoms with Crippen LogP contribution in [-0.2, 0) is 4.79 Å². The molecule has 23 heavy (non-hydrogen) atoms. The molecule has 1 aliphatic rings. The fourth-order valence-corrected chi connectivity index (χ4v) is 3.00. The van der Waals surface area contributed by atoms with Gasteiger partial charge in [-0.3, -0.25) is 9.59 Å². The Balaban J connectivity index is 1.61. The molecule has 0 saturated carbocycles. The molecule has 0 radical (unpaired) electrons. The first-order valence-corrected chi connectivity index (χ1v) is 8.34. The number of benzene rings is 1. The van der Waals surface area contributed by atoms with Gasteiger partial charge in [-0.2, -0.15) is 0 Å². The first-order chi connectivity index (χ1) is 11.2. The SMILES string of the molecule is CCCCC(=O)N1CCN(C(=O)c2cc3ccccc3[nH]2)CC1. The number of aromatic amines is 1. The van der Waals surface area contributed by atoms with Crippen molar-refractivity contribution in [2.24, 2.45) is 0 Å². The Bertz CT molecular complexity index is 666. The number of para-hydroxylation sites is 1. The number of rotatable bonds is 4. The van der Waals surface area contributed by atoms with E-state index in [9.17, 15) is 9.59 Å². The molecule has 122 valence electrons. The summed E-state index contributed by atoms with van der Waals surface area (Å²) in [4.78, 5) is 31.5. The number of nitrogens with zero attached hydrogens (tertiary/aromatic N) is 2. The topological polar surface area (TPSA) is 56.4 Å². The summed E-state index contributed by atoms with van der Waals surface area (Å²) in [5.41, 5.74) is 1.60. The van der Waals surface area contributed by atoms with Crippen LogP contribution in [0.1, 0.15) is 36.7 Å². The van der Waals surface area contributed by atoms with Crippen LogP contribution in [0.4, 0.5) is 0 Å². The van der Waals surface area contributed by atoms with Gasteiger partial charge in [-0.15, -0.1) is 0 Å². The van der Waals surface area contributed by atoms with E-state index in [1.54, 1.807) is 0 Å². The predicted molar refractivity (Wildman–Crippen MR) is 90.3 cm³/mol. The van der Waals surface area contributed by atoms with Gasteiger partial charge in [0.05, 0.1) is 0 Å². The Labute approximate surface area is 136 Å². The Morgan fingerprint density at radius 3 is 2.48 bits per heavy atom. The smallest absolute Gasteiger partial charge is 0.270 e. The number of nitrogens with one attached hydrogen (secondary N) is 1. The fraction of sp³-hybridized carbons (Fsp3) is 0.444. The number of fused-ring (bicyclic) bond motifs is 1. The molecule has 2 aromatic rings. The maximum atomic E-state index is 12.6. The van der Waals surface area contributed by atoms with Crippen LogP contribution < -0.4 is 0 Å². The van der Waals surface area contributed by atoms with E-state index in [0.29, 0.717) is 38.3 Å². The van der Waals surface area contributed by atoms with Crippen LogP contribution in [0.2, 0.25) is 0 Å². The quantitative estimate of drug-likeness (QED) is 0.943. The van der Waals surface area contributed by atoms with Crippen molar-refractivity contribution in [3.05, 3.63) is 36.0 Å². The van der Waals surface area contributed by atoms with Crippen LogP contribution in [0.3, 0.4) is 0 Å². The van der Waals surface area contributed by atoms with Crippen LogP contribution in [0.25, 0.3) is 10.9 Å². The Morgan fingerprint density at radius 1 is 1.09 bits per heavy atom. The van der Waals surface area contributed by atoms with Crippen LogP contribution in [-0.4, -0.2) is 52.8 Å². The molecule has 0 unspecified atom stereocenters. The van der Waals surface area contributed by atoms with E-state index >= 15 is 0 Å². The van der Waals surface area contributed by atoms with Crippen LogP contribution in [0, 0.1) is 0 Å². The molecule has 1 N–H and O–H groups in total. The second-order valence-electron chi connectivity index (χ2n) is 6.05. The van der Waals surface area contributed by atoms with Gasteiger partial charge in [0.25, 0.3) is 5.91 Å². The molecule has 0 bridgehead atoms. The first-order valence-electron chi connectivity index (χ1n) is 8.34. The summed E-state index contributed by atoms with van der Waals surface area (Å²) in [5, 5.41) is 1.05. The van der Waals surface area contributed by atoms with Gasteiger partial charge in [-0.25, -0.2) is 0 Å². The number of piperazine rings is 1. The monoisotopic (exact) mass is 313 g/mol. The second kappa shape index (κ2) is 6.86. The van der Waals surface area contributed by atoms with Crippen LogP contribution in [0.5, 0.6) is 0 Å². The third-order valence-corrected chi connectivity index (χ3v) is 4.42. The van der Waals surface area contributed by atoms with Crippen molar-refractivity contribution >= 4 is 22.7 Å². The molecule has 1 saturated heterocycles. The Kier molecular flexibility index (Phi) is 4.65. The summed E-state index contributed by atoms with van der Waals surface area (Å²) in [6.45, 7) is 4.56. The van der Waals surface area contributed by atoms with Crippen molar-refractivity contribution in [2.45, 2.75) is 26.2 Å². The maximum Gasteiger partial charge on any atom is 0.270 e. The largest absolute Gasteiger partial charge is 0.351 e. The van der Waals surface area contributed by atoms with Crippen molar-refractivity contribution in [3.8, 4) is 0 Å². The van der Waals surface area contributed by atoms with Gasteiger partial charge >= 0.3 is 0 Å². The van der Waals surface area contributed by atoms with E-state index in [1.165, 1.54) is 0 Å². The molecule has 1 aromatic heterocycles. The lowest BCUT2D eigenvalue weighted by atomic mass is 10.2. The molecule has 0 aliphatic carbocycles. The summed E-state index contributed by atoms with van der Waals surface area (Å²) < 4.78 is 0. The average molecular weight is 313 g/mol. The highest BCUT2D eigenvalue weighted by atomic mass is 16.2. The summed E-state index contributed by atoms with van der Waals surface area (Å²) in [6.07, 6.45) is 2.59. The molecule has 2 amide bonds. The third-order valence-electron chi connectivity index (χ3n) is 4.42. The lowest BCUT2D eigenvalue weighted by Gasteiger charge is -2.34. The maximum absolute atomic E-state index is 12.6. The molecule has 1 aliphatic heterocycles. The number of carbonyl (C=O) groups excluding carboxylic acids is 2. The van der Waals surface area contributed by atoms with Gasteiger partial charge in [0.1, 0.15) is 5.69 Å². The van der Waals surface area contributed by atoms with Crippen LogP contribution in [0.15, 0.2) is 30.3 Å². The molecule has 2 heterocycles. The number of H-pyrrole nitrogens is 1. The molecule has 5 nitrogen and oxygen atoms in total. The Hall–Kier alpha value is -2.30. The molecular weight excluding hydrogens is 290 g/mol. The zero-order valence-corrected chi connectivity index (χ0v) is 13.5. The van der Waals surface area contributed by atoms with E-state index in [1.807, 2.05) is 40.1 Å². The van der Waals surface area contributed by atoms with E-state index in [0.717, 1.165) is 23.7 Å². The van der Waals surface area contributed by atoms with Gasteiger partial charge in [0.2, 0.25) is 5.91 Å². The summed E-state index contributed by atoms with van der Waals surface area (Å²) >= 11 is 0. The van der Waals surface area contributed by atoms with Gasteiger partial charge < -0.3 is 14.8 Å². The summed E-state index contributed by atoms with van der Waals surface area (Å²) in [7, 11) is 0. The van der Waals surface area contributed by atoms with Gasteiger partial charge in [-0.05, 0) is 18.6 Å². The lowest BCUT2D eigenvalue weighted by Crippen LogP contribution is -2.50. The first kappa shape index (κ1) is 15.6. The summed E-state index contributed by atoms with van der Waals surface area (Å²) in [6, 6.07) is 9.78. The zero-order valence-electron chi connectivity index (χ0n) is 13.5. The number of aromatic nitrogens is 1. The van der Waals surface area contributed by atoms with Crippen LogP contribution >= 0.6 is 0 Å². The van der Waals surface area contributed by atoms with E-state index in [-0.39, 0.29) is 11.8 Å². The number of hydrogen-bond donors (Lipinski definition) is 1. The molecule has 0 spiro atoms. The van der Waals surface area contributed by atoms with Crippen molar-refractivity contribution in [2.75, 3.05) is 26.2 Å². The number of hydrogen-bond acceptors (Lipinski definition) is 2. The summed E-state index contributed by atoms with van der Waals surface area (Å²) in [5.74, 6) is 0.228. The molecule has 5 heteroatoms. The molecule has 1 aromatic carbocycles. The van der Waals surface area contributed by atoms with E-state index in [2.05, 4.69) is 11.9 Å². The molecular formula is C18H23N3O2. The zero-order chi connectivity index (χ0) is 16.2. The van der Waals surface area contributed by atoms with Crippen molar-refractivity contribution < 1.29 is 9.59 Å². The van der Waals surface area contributed by atoms with E-state index in [4.69, 9.17) is 0 Å². The highest BCUT2D eigenvalue weighted by Crippen LogP contribution is 2.17. The molecule has 3 rings (SSSR count). The number of unbranched alkanes of at least 4 members (excludes halogenated alkanes) is 1. The predicted octanol–water partition coefficient (Wildman–Crippen LogP) is 2.64. The van der Waals surface area contributed by atoms with Gasteiger partial charge in [0, 0.05) is 43.5 Å². The standard InChI is InChI=1S/C18H23N3O2/c1-2-3-8-17(22)20-9-11-21(12-10-20)18(23)16-13-14-6-4-5-7-15(14)19-16/h4-7,13,19H,2-3,8-12H2,1H3. The lowest BCUT2D eigenvalue weighted by molar-refractivity contribution is -0.132. The highest BCUT2D eigenvalue weighted by Gasteiger charge is 2.25. The van der Waals surface area contributed by atoms with Gasteiger partial charge in [0.15, 0.2) is 0 Å². The highest BCUT2D eigenvalue weighted by molar-refractivity contribution is 5.98.